The molecule has 0 aromatic heterocycles. The fraction of sp³-hybridized carbons (Fsp3) is 0.471. The number of amides is 1. The van der Waals surface area contributed by atoms with Crippen molar-refractivity contribution in [2.24, 2.45) is 5.73 Å². The van der Waals surface area contributed by atoms with Crippen molar-refractivity contribution in [2.75, 3.05) is 13.6 Å². The molecular formula is C17H25BN2O3. The molecule has 0 atom stereocenters. The molecule has 1 aromatic carbocycles. The Morgan fingerprint density at radius 3 is 2.13 bits per heavy atom. The van der Waals surface area contributed by atoms with Crippen molar-refractivity contribution < 1.29 is 14.1 Å². The molecule has 124 valence electrons. The molecule has 5 nitrogen and oxygen atoms in total. The van der Waals surface area contributed by atoms with E-state index in [2.05, 4.69) is 5.32 Å². The van der Waals surface area contributed by atoms with Crippen molar-refractivity contribution in [2.45, 2.75) is 38.9 Å². The van der Waals surface area contributed by atoms with Crippen LogP contribution in [0.3, 0.4) is 0 Å². The van der Waals surface area contributed by atoms with E-state index in [1.807, 2.05) is 45.9 Å². The Kier molecular flexibility index (Phi) is 4.99. The van der Waals surface area contributed by atoms with Gasteiger partial charge in [0.05, 0.1) is 11.2 Å². The van der Waals surface area contributed by atoms with E-state index >= 15 is 0 Å². The maximum absolute atomic E-state index is 11.6. The van der Waals surface area contributed by atoms with Crippen LogP contribution in [0.2, 0.25) is 0 Å². The van der Waals surface area contributed by atoms with Crippen molar-refractivity contribution >= 4 is 19.1 Å². The lowest BCUT2D eigenvalue weighted by Crippen LogP contribution is -2.41. The smallest absolute Gasteiger partial charge is 0.400 e. The van der Waals surface area contributed by atoms with Gasteiger partial charge in [-0.05, 0) is 50.9 Å². The van der Waals surface area contributed by atoms with Crippen molar-refractivity contribution in [3.8, 4) is 0 Å². The fourth-order valence-electron chi connectivity index (χ4n) is 2.31. The highest BCUT2D eigenvalue weighted by atomic mass is 16.7. The monoisotopic (exact) mass is 316 g/mol. The van der Waals surface area contributed by atoms with Gasteiger partial charge in [0.25, 0.3) is 5.91 Å². The van der Waals surface area contributed by atoms with Gasteiger partial charge in [0.1, 0.15) is 0 Å². The fourth-order valence-corrected chi connectivity index (χ4v) is 2.31. The zero-order chi connectivity index (χ0) is 17.3. The van der Waals surface area contributed by atoms with E-state index in [-0.39, 0.29) is 5.91 Å². The number of carbonyl (C=O) groups is 1. The first-order valence-corrected chi connectivity index (χ1v) is 7.78. The van der Waals surface area contributed by atoms with Crippen molar-refractivity contribution in [3.63, 3.8) is 0 Å². The van der Waals surface area contributed by atoms with Crippen LogP contribution in [0.15, 0.2) is 29.7 Å². The van der Waals surface area contributed by atoms with E-state index in [1.165, 1.54) is 0 Å². The number of benzene rings is 1. The normalized spacial score (nSPS) is 19.7. The number of nitrogens with one attached hydrogen (secondary N) is 1. The Bertz CT molecular complexity index is 593. The molecule has 1 amide bonds. The highest BCUT2D eigenvalue weighted by molar-refractivity contribution is 6.55. The third-order valence-electron chi connectivity index (χ3n) is 4.54. The molecule has 0 bridgehead atoms. The van der Waals surface area contributed by atoms with Crippen LogP contribution < -0.4 is 11.1 Å². The van der Waals surface area contributed by atoms with Gasteiger partial charge in [0.15, 0.2) is 0 Å². The van der Waals surface area contributed by atoms with E-state index in [0.717, 1.165) is 11.0 Å². The summed E-state index contributed by atoms with van der Waals surface area (Å²) in [5.41, 5.74) is 7.54. The van der Waals surface area contributed by atoms with Gasteiger partial charge in [0.2, 0.25) is 0 Å². The summed E-state index contributed by atoms with van der Waals surface area (Å²) in [6, 6.07) is 7.32. The van der Waals surface area contributed by atoms with Gasteiger partial charge in [0, 0.05) is 19.2 Å². The third kappa shape index (κ3) is 3.66. The number of rotatable bonds is 4. The summed E-state index contributed by atoms with van der Waals surface area (Å²) in [5, 5.41) is 2.60. The first-order valence-electron chi connectivity index (χ1n) is 7.78. The maximum atomic E-state index is 11.6. The zero-order valence-corrected chi connectivity index (χ0v) is 14.5. The van der Waals surface area contributed by atoms with Gasteiger partial charge in [-0.3, -0.25) is 4.79 Å². The Morgan fingerprint density at radius 1 is 1.17 bits per heavy atom. The number of carbonyl (C=O) groups excluding carboxylic acids is 1. The highest BCUT2D eigenvalue weighted by Gasteiger charge is 2.52. The van der Waals surface area contributed by atoms with Gasteiger partial charge >= 0.3 is 7.12 Å². The molecule has 0 unspecified atom stereocenters. The molecule has 23 heavy (non-hydrogen) atoms. The van der Waals surface area contributed by atoms with E-state index in [1.54, 1.807) is 19.2 Å². The van der Waals surface area contributed by atoms with Crippen molar-refractivity contribution in [1.82, 2.24) is 5.32 Å². The van der Waals surface area contributed by atoms with Crippen molar-refractivity contribution in [1.29, 1.82) is 0 Å². The summed E-state index contributed by atoms with van der Waals surface area (Å²) in [5.74, 6) is -0.106. The van der Waals surface area contributed by atoms with Crippen LogP contribution in [0.4, 0.5) is 0 Å². The van der Waals surface area contributed by atoms with Crippen LogP contribution in [0.1, 0.15) is 43.6 Å². The van der Waals surface area contributed by atoms with E-state index in [0.29, 0.717) is 12.1 Å². The van der Waals surface area contributed by atoms with Crippen LogP contribution in [0, 0.1) is 0 Å². The molecule has 1 aliphatic rings. The summed E-state index contributed by atoms with van der Waals surface area (Å²) < 4.78 is 12.1. The first-order chi connectivity index (χ1) is 10.7. The molecule has 0 spiro atoms. The first kappa shape index (κ1) is 17.7. The highest BCUT2D eigenvalue weighted by Crippen LogP contribution is 2.38. The number of hydrogen-bond acceptors (Lipinski definition) is 4. The minimum absolute atomic E-state index is 0.106. The molecule has 0 saturated carbocycles. The summed E-state index contributed by atoms with van der Waals surface area (Å²) in [4.78, 5) is 11.6. The summed E-state index contributed by atoms with van der Waals surface area (Å²) >= 11 is 0. The second-order valence-corrected chi connectivity index (χ2v) is 6.71. The Balaban J connectivity index is 2.21. The molecule has 1 aromatic rings. The predicted molar refractivity (Wildman–Crippen MR) is 92.9 cm³/mol. The molecule has 0 radical (unpaired) electrons. The summed E-state index contributed by atoms with van der Waals surface area (Å²) in [6.45, 7) is 8.39. The minimum atomic E-state index is -0.455. The SMILES string of the molecule is CNC(=O)c1ccc(C=C(CN)B2OC(C)(C)C(C)(C)O2)cc1. The molecule has 1 aliphatic heterocycles. The lowest BCUT2D eigenvalue weighted by atomic mass is 9.77. The molecule has 6 heteroatoms. The predicted octanol–water partition coefficient (Wildman–Crippen LogP) is 2.02. The molecule has 1 fully saturated rings. The summed E-state index contributed by atoms with van der Waals surface area (Å²) in [7, 11) is 1.16. The zero-order valence-electron chi connectivity index (χ0n) is 14.5. The van der Waals surface area contributed by atoms with Gasteiger partial charge < -0.3 is 20.4 Å². The minimum Gasteiger partial charge on any atom is -0.400 e. The second kappa shape index (κ2) is 6.47. The third-order valence-corrected chi connectivity index (χ3v) is 4.54. The largest absolute Gasteiger partial charge is 0.491 e. The van der Waals surface area contributed by atoms with Gasteiger partial charge in [-0.2, -0.15) is 0 Å². The molecule has 3 N–H and O–H groups in total. The van der Waals surface area contributed by atoms with Crippen LogP contribution in [-0.2, 0) is 9.31 Å². The lowest BCUT2D eigenvalue weighted by Gasteiger charge is -2.32. The maximum Gasteiger partial charge on any atom is 0.491 e. The standard InChI is InChI=1S/C17H25BN2O3/c1-16(2)17(3,4)23-18(22-16)14(11-19)10-12-6-8-13(9-7-12)15(21)20-5/h6-10H,11,19H2,1-5H3,(H,20,21). The summed E-state index contributed by atoms with van der Waals surface area (Å²) in [6.07, 6.45) is 1.95. The van der Waals surface area contributed by atoms with Crippen LogP contribution in [0.5, 0.6) is 0 Å². The topological polar surface area (TPSA) is 73.6 Å². The van der Waals surface area contributed by atoms with E-state index in [9.17, 15) is 4.79 Å². The van der Waals surface area contributed by atoms with E-state index in [4.69, 9.17) is 15.0 Å². The number of nitrogens with two attached hydrogens (primary N) is 1. The van der Waals surface area contributed by atoms with Crippen LogP contribution >= 0.6 is 0 Å². The van der Waals surface area contributed by atoms with Gasteiger partial charge in [-0.1, -0.05) is 18.2 Å². The molecule has 2 rings (SSSR count). The lowest BCUT2D eigenvalue weighted by molar-refractivity contribution is 0.00578. The Hall–Kier alpha value is -1.63. The van der Waals surface area contributed by atoms with Gasteiger partial charge in [-0.25, -0.2) is 0 Å². The molecule has 1 saturated heterocycles. The van der Waals surface area contributed by atoms with Crippen molar-refractivity contribution in [3.05, 3.63) is 40.9 Å². The second-order valence-electron chi connectivity index (χ2n) is 6.71. The number of hydrogen-bond donors (Lipinski definition) is 2. The van der Waals surface area contributed by atoms with Crippen LogP contribution in [0.25, 0.3) is 6.08 Å². The Labute approximate surface area is 138 Å². The average Bonchev–Trinajstić information content (AvgIpc) is 2.72. The molecule has 1 heterocycles. The average molecular weight is 316 g/mol. The van der Waals surface area contributed by atoms with E-state index < -0.39 is 18.3 Å². The quantitative estimate of drug-likeness (QED) is 0.834. The molecule has 0 aliphatic carbocycles. The van der Waals surface area contributed by atoms with Crippen LogP contribution in [-0.4, -0.2) is 37.8 Å². The molecular weight excluding hydrogens is 291 g/mol. The van der Waals surface area contributed by atoms with Gasteiger partial charge in [-0.15, -0.1) is 0 Å². The Morgan fingerprint density at radius 2 is 1.70 bits per heavy atom.